The second-order valence-electron chi connectivity index (χ2n) is 8.02. The van der Waals surface area contributed by atoms with Crippen molar-refractivity contribution in [2.45, 2.75) is 38.1 Å². The summed E-state index contributed by atoms with van der Waals surface area (Å²) in [5.41, 5.74) is 12.7. The van der Waals surface area contributed by atoms with Gasteiger partial charge >= 0.3 is 6.09 Å². The number of nitrogens with two attached hydrogens (primary N) is 2. The molecule has 9 nitrogen and oxygen atoms in total. The van der Waals surface area contributed by atoms with Gasteiger partial charge in [0.25, 0.3) is 0 Å². The average Bonchev–Trinajstić information content (AvgIpc) is 2.80. The molecule has 1 amide bonds. The topological polar surface area (TPSA) is 122 Å². The molecule has 0 radical (unpaired) electrons. The molecule has 1 aromatic heterocycles. The Morgan fingerprint density at radius 3 is 2.45 bits per heavy atom. The van der Waals surface area contributed by atoms with Crippen LogP contribution in [0.15, 0.2) is 46.8 Å². The number of likely N-dealkylation sites (tertiary alicyclic amines) is 2. The van der Waals surface area contributed by atoms with Gasteiger partial charge in [0.15, 0.2) is 5.75 Å². The van der Waals surface area contributed by atoms with Gasteiger partial charge in [-0.2, -0.15) is 0 Å². The van der Waals surface area contributed by atoms with Crippen molar-refractivity contribution in [2.24, 2.45) is 10.2 Å². The Morgan fingerprint density at radius 1 is 1.00 bits per heavy atom. The van der Waals surface area contributed by atoms with Gasteiger partial charge in [0.2, 0.25) is 0 Å². The van der Waals surface area contributed by atoms with E-state index < -0.39 is 0 Å². The maximum Gasteiger partial charge on any atom is 0.415 e. The van der Waals surface area contributed by atoms with E-state index in [1.165, 1.54) is 44.6 Å². The largest absolute Gasteiger partial charge is 0.415 e. The van der Waals surface area contributed by atoms with Crippen molar-refractivity contribution in [1.29, 1.82) is 0 Å². The average molecular weight is 424 g/mol. The monoisotopic (exact) mass is 423 g/mol. The first-order valence-corrected chi connectivity index (χ1v) is 10.8. The molecule has 0 bridgehead atoms. The summed E-state index contributed by atoms with van der Waals surface area (Å²) in [5, 5.41) is 8.33. The first kappa shape index (κ1) is 21.0. The number of pyridine rings is 1. The molecule has 4 N–H and O–H groups in total. The number of amides is 1. The molecule has 2 aliphatic rings. The van der Waals surface area contributed by atoms with Gasteiger partial charge in [-0.25, -0.2) is 9.78 Å². The molecular formula is C22H29N7O2. The van der Waals surface area contributed by atoms with E-state index in [4.69, 9.17) is 16.2 Å². The molecule has 0 spiro atoms. The zero-order valence-electron chi connectivity index (χ0n) is 17.6. The fraction of sp³-hybridized carbons (Fsp3) is 0.455. The van der Waals surface area contributed by atoms with Gasteiger partial charge in [-0.3, -0.25) is 0 Å². The maximum absolute atomic E-state index is 12.7. The van der Waals surface area contributed by atoms with Crippen molar-refractivity contribution in [3.05, 3.63) is 36.5 Å². The number of rotatable bonds is 4. The lowest BCUT2D eigenvalue weighted by Gasteiger charge is -2.39. The zero-order chi connectivity index (χ0) is 21.6. The lowest BCUT2D eigenvalue weighted by atomic mass is 10.0. The quantitative estimate of drug-likeness (QED) is 0.714. The smallest absolute Gasteiger partial charge is 0.408 e. The van der Waals surface area contributed by atoms with E-state index in [1.807, 2.05) is 0 Å². The van der Waals surface area contributed by atoms with Gasteiger partial charge in [-0.15, -0.1) is 10.2 Å². The molecular weight excluding hydrogens is 394 g/mol. The van der Waals surface area contributed by atoms with Crippen molar-refractivity contribution in [3.63, 3.8) is 0 Å². The highest BCUT2D eigenvalue weighted by Crippen LogP contribution is 2.31. The zero-order valence-corrected chi connectivity index (χ0v) is 17.6. The highest BCUT2D eigenvalue weighted by atomic mass is 16.6. The number of anilines is 2. The lowest BCUT2D eigenvalue weighted by molar-refractivity contribution is 0.0879. The minimum Gasteiger partial charge on any atom is -0.408 e. The van der Waals surface area contributed by atoms with Crippen LogP contribution in [-0.2, 0) is 0 Å². The molecule has 1 aromatic carbocycles. The Morgan fingerprint density at radius 2 is 1.71 bits per heavy atom. The van der Waals surface area contributed by atoms with Gasteiger partial charge in [-0.05, 0) is 50.9 Å². The number of benzene rings is 1. The summed E-state index contributed by atoms with van der Waals surface area (Å²) in [4.78, 5) is 21.1. The summed E-state index contributed by atoms with van der Waals surface area (Å²) in [7, 11) is 0. The van der Waals surface area contributed by atoms with Crippen molar-refractivity contribution >= 4 is 29.0 Å². The number of nitrogens with zero attached hydrogens (tertiary/aromatic N) is 5. The Labute approximate surface area is 182 Å². The third-order valence-corrected chi connectivity index (χ3v) is 5.89. The molecule has 0 unspecified atom stereocenters. The number of hydrogen-bond acceptors (Lipinski definition) is 8. The summed E-state index contributed by atoms with van der Waals surface area (Å²) >= 11 is 0. The lowest BCUT2D eigenvalue weighted by Crippen LogP contribution is -2.48. The van der Waals surface area contributed by atoms with Crippen LogP contribution in [-0.4, -0.2) is 53.1 Å². The Bertz CT molecular complexity index is 935. The number of hydrogen-bond donors (Lipinski definition) is 2. The van der Waals surface area contributed by atoms with Crippen molar-refractivity contribution in [3.8, 4) is 5.75 Å². The number of carbonyl (C=O) groups is 1. The molecule has 2 fully saturated rings. The van der Waals surface area contributed by atoms with Crippen LogP contribution in [0.3, 0.4) is 0 Å². The second-order valence-corrected chi connectivity index (χ2v) is 8.02. The van der Waals surface area contributed by atoms with E-state index in [0.717, 1.165) is 12.8 Å². The summed E-state index contributed by atoms with van der Waals surface area (Å²) in [6.07, 6.45) is 6.97. The van der Waals surface area contributed by atoms with E-state index >= 15 is 0 Å². The standard InChI is InChI=1S/C22H29N7O2/c23-17-14-21(24)25-15-19(17)27-26-18-6-2-3-7-20(18)31-22(30)29-12-8-16(9-13-29)28-10-4-1-5-11-28/h2-3,6-7,14-16H,1,4-5,8-13H2,(H4,23,24,25). The normalized spacial score (nSPS) is 18.4. The number of ether oxygens (including phenoxy) is 1. The molecule has 2 aliphatic heterocycles. The van der Waals surface area contributed by atoms with Crippen LogP contribution in [0.25, 0.3) is 0 Å². The van der Waals surface area contributed by atoms with E-state index in [0.29, 0.717) is 47.8 Å². The maximum atomic E-state index is 12.7. The fourth-order valence-corrected chi connectivity index (χ4v) is 4.15. The van der Waals surface area contributed by atoms with Crippen LogP contribution < -0.4 is 16.2 Å². The Hall–Kier alpha value is -3.20. The second kappa shape index (κ2) is 9.74. The third kappa shape index (κ3) is 5.29. The molecule has 3 heterocycles. The summed E-state index contributed by atoms with van der Waals surface area (Å²) in [6.45, 7) is 3.78. The molecule has 0 atom stereocenters. The number of nitrogen functional groups attached to an aromatic ring is 2. The van der Waals surface area contributed by atoms with Crippen molar-refractivity contribution < 1.29 is 9.53 Å². The highest BCUT2D eigenvalue weighted by molar-refractivity contribution is 5.73. The SMILES string of the molecule is Nc1cc(N)c(N=Nc2ccccc2OC(=O)N2CCC(N3CCCCC3)CC2)cn1. The van der Waals surface area contributed by atoms with Gasteiger partial charge in [0.1, 0.15) is 17.2 Å². The van der Waals surface area contributed by atoms with E-state index in [-0.39, 0.29) is 6.09 Å². The molecule has 2 saturated heterocycles. The van der Waals surface area contributed by atoms with Crippen LogP contribution in [0.2, 0.25) is 0 Å². The molecule has 0 saturated carbocycles. The van der Waals surface area contributed by atoms with Gasteiger partial charge in [-0.1, -0.05) is 18.6 Å². The number of piperidine rings is 2. The van der Waals surface area contributed by atoms with Crippen LogP contribution in [0.4, 0.5) is 27.7 Å². The minimum atomic E-state index is -0.353. The molecule has 164 valence electrons. The number of carbonyl (C=O) groups excluding carboxylic acids is 1. The molecule has 0 aliphatic carbocycles. The predicted molar refractivity (Wildman–Crippen MR) is 120 cm³/mol. The Balaban J connectivity index is 1.37. The summed E-state index contributed by atoms with van der Waals surface area (Å²) < 4.78 is 5.66. The minimum absolute atomic E-state index is 0.315. The fourth-order valence-electron chi connectivity index (χ4n) is 4.15. The highest BCUT2D eigenvalue weighted by Gasteiger charge is 2.28. The van der Waals surface area contributed by atoms with E-state index in [9.17, 15) is 4.79 Å². The van der Waals surface area contributed by atoms with Gasteiger partial charge < -0.3 is 26.0 Å². The molecule has 31 heavy (non-hydrogen) atoms. The summed E-state index contributed by atoms with van der Waals surface area (Å²) in [5.74, 6) is 0.672. The van der Waals surface area contributed by atoms with Crippen LogP contribution in [0.5, 0.6) is 5.75 Å². The van der Waals surface area contributed by atoms with Crippen molar-refractivity contribution in [2.75, 3.05) is 37.6 Å². The van der Waals surface area contributed by atoms with Gasteiger partial charge in [0.05, 0.1) is 11.9 Å². The first-order valence-electron chi connectivity index (χ1n) is 10.8. The van der Waals surface area contributed by atoms with Crippen LogP contribution in [0.1, 0.15) is 32.1 Å². The number of azo groups is 1. The van der Waals surface area contributed by atoms with E-state index in [1.54, 1.807) is 29.2 Å². The first-order chi connectivity index (χ1) is 15.1. The predicted octanol–water partition coefficient (Wildman–Crippen LogP) is 4.11. The van der Waals surface area contributed by atoms with Crippen LogP contribution >= 0.6 is 0 Å². The van der Waals surface area contributed by atoms with Crippen LogP contribution in [0, 0.1) is 0 Å². The number of aromatic nitrogens is 1. The molecule has 4 rings (SSSR count). The number of para-hydroxylation sites is 1. The summed E-state index contributed by atoms with van der Waals surface area (Å²) in [6, 6.07) is 9.13. The third-order valence-electron chi connectivity index (χ3n) is 5.89. The van der Waals surface area contributed by atoms with Crippen molar-refractivity contribution in [1.82, 2.24) is 14.8 Å². The molecule has 2 aromatic rings. The Kier molecular flexibility index (Phi) is 6.61. The van der Waals surface area contributed by atoms with E-state index in [2.05, 4.69) is 20.1 Å². The van der Waals surface area contributed by atoms with Gasteiger partial charge in [0, 0.05) is 25.2 Å². The molecule has 9 heteroatoms.